The zero-order chi connectivity index (χ0) is 38.2. The lowest BCUT2D eigenvalue weighted by Crippen LogP contribution is -2.05. The quantitative estimate of drug-likeness (QED) is 0.0458. The van der Waals surface area contributed by atoms with E-state index in [2.05, 4.69) is 13.8 Å². The Morgan fingerprint density at radius 1 is 0.245 bits per heavy atom. The van der Waals surface area contributed by atoms with Crippen molar-refractivity contribution in [1.29, 1.82) is 0 Å². The van der Waals surface area contributed by atoms with Crippen LogP contribution < -0.4 is 0 Å². The van der Waals surface area contributed by atoms with Crippen molar-refractivity contribution in [2.24, 2.45) is 0 Å². The number of esters is 1. The van der Waals surface area contributed by atoms with Crippen LogP contribution in [0.3, 0.4) is 0 Å². The molecule has 0 saturated carbocycles. The van der Waals surface area contributed by atoms with E-state index in [-0.39, 0.29) is 5.97 Å². The molecule has 0 aromatic rings. The summed E-state index contributed by atoms with van der Waals surface area (Å²) in [5, 5.41) is 0. The Hall–Kier alpha value is -0.530. The van der Waals surface area contributed by atoms with Crippen LogP contribution in [0.15, 0.2) is 0 Å². The van der Waals surface area contributed by atoms with Crippen molar-refractivity contribution in [3.63, 3.8) is 0 Å². The SMILES string of the molecule is CCCCCCCCCCCCCCCCCCCCCCCCCCCOC(=O)CCCCCCCCCCCCCCCCCCCCCCC. The molecule has 0 aromatic heterocycles. The molecule has 0 aliphatic rings. The van der Waals surface area contributed by atoms with E-state index in [0.29, 0.717) is 13.0 Å². The summed E-state index contributed by atoms with van der Waals surface area (Å²) in [6.45, 7) is 5.24. The minimum atomic E-state index is 0.0344. The highest BCUT2D eigenvalue weighted by Crippen LogP contribution is 2.18. The van der Waals surface area contributed by atoms with E-state index in [1.165, 1.54) is 283 Å². The van der Waals surface area contributed by atoms with E-state index in [9.17, 15) is 4.79 Å². The molecule has 0 heterocycles. The van der Waals surface area contributed by atoms with E-state index in [1.807, 2.05) is 0 Å². The molecule has 2 heteroatoms. The molecule has 53 heavy (non-hydrogen) atoms. The molecule has 0 aromatic carbocycles. The van der Waals surface area contributed by atoms with Gasteiger partial charge in [-0.3, -0.25) is 4.79 Å². The number of rotatable bonds is 48. The number of carbonyl (C=O) groups excluding carboxylic acids is 1. The van der Waals surface area contributed by atoms with Crippen molar-refractivity contribution in [1.82, 2.24) is 0 Å². The molecule has 318 valence electrons. The van der Waals surface area contributed by atoms with Gasteiger partial charge in [0.15, 0.2) is 0 Å². The van der Waals surface area contributed by atoms with Gasteiger partial charge in [0.25, 0.3) is 0 Å². The van der Waals surface area contributed by atoms with E-state index in [4.69, 9.17) is 4.74 Å². The summed E-state index contributed by atoms with van der Waals surface area (Å²) in [5.74, 6) is 0.0344. The van der Waals surface area contributed by atoms with Gasteiger partial charge >= 0.3 is 5.97 Å². The summed E-state index contributed by atoms with van der Waals surface area (Å²) in [7, 11) is 0. The van der Waals surface area contributed by atoms with Crippen molar-refractivity contribution in [3.05, 3.63) is 0 Å². The Morgan fingerprint density at radius 3 is 0.623 bits per heavy atom. The lowest BCUT2D eigenvalue weighted by atomic mass is 10.0. The number of ether oxygens (including phenoxy) is 1. The summed E-state index contributed by atoms with van der Waals surface area (Å²) < 4.78 is 5.50. The van der Waals surface area contributed by atoms with Crippen LogP contribution in [-0.2, 0) is 9.53 Å². The zero-order valence-corrected chi connectivity index (χ0v) is 37.3. The average molecular weight is 747 g/mol. The van der Waals surface area contributed by atoms with Gasteiger partial charge in [-0.05, 0) is 12.8 Å². The molecule has 0 unspecified atom stereocenters. The van der Waals surface area contributed by atoms with Crippen LogP contribution in [0.2, 0.25) is 0 Å². The van der Waals surface area contributed by atoms with E-state index < -0.39 is 0 Å². The smallest absolute Gasteiger partial charge is 0.305 e. The van der Waals surface area contributed by atoms with Gasteiger partial charge in [0, 0.05) is 6.42 Å². The molecule has 0 amide bonds. The molecule has 0 spiro atoms. The Kier molecular flexibility index (Phi) is 49.0. The van der Waals surface area contributed by atoms with E-state index >= 15 is 0 Å². The highest BCUT2D eigenvalue weighted by molar-refractivity contribution is 5.69. The van der Waals surface area contributed by atoms with Crippen LogP contribution in [0.4, 0.5) is 0 Å². The van der Waals surface area contributed by atoms with Gasteiger partial charge in [0.05, 0.1) is 6.61 Å². The standard InChI is InChI=1S/C51H102O2/c1-3-5-7-9-11-13-15-17-19-21-23-25-26-27-28-30-32-34-36-38-40-42-44-46-48-50-53-51(52)49-47-45-43-41-39-37-35-33-31-29-24-22-20-18-16-14-12-10-8-6-4-2/h3-50H2,1-2H3. The number of carbonyl (C=O) groups is 1. The predicted octanol–water partition coefficient (Wildman–Crippen LogP) is 18.9. The molecule has 0 aliphatic heterocycles. The Morgan fingerprint density at radius 2 is 0.415 bits per heavy atom. The third-order valence-corrected chi connectivity index (χ3v) is 12.0. The van der Waals surface area contributed by atoms with Crippen LogP contribution in [0.5, 0.6) is 0 Å². The fourth-order valence-corrected chi connectivity index (χ4v) is 8.20. The molecule has 0 fully saturated rings. The highest BCUT2D eigenvalue weighted by atomic mass is 16.5. The molecule has 0 radical (unpaired) electrons. The second-order valence-electron chi connectivity index (χ2n) is 17.5. The highest BCUT2D eigenvalue weighted by Gasteiger charge is 2.03. The van der Waals surface area contributed by atoms with E-state index in [1.54, 1.807) is 0 Å². The maximum atomic E-state index is 12.1. The third-order valence-electron chi connectivity index (χ3n) is 12.0. The Bertz CT molecular complexity index is 644. The lowest BCUT2D eigenvalue weighted by Gasteiger charge is -2.06. The molecule has 0 rings (SSSR count). The molecule has 0 atom stereocenters. The van der Waals surface area contributed by atoms with Gasteiger partial charge < -0.3 is 4.74 Å². The summed E-state index contributed by atoms with van der Waals surface area (Å²) in [5.41, 5.74) is 0. The van der Waals surface area contributed by atoms with Crippen molar-refractivity contribution in [3.8, 4) is 0 Å². The first-order valence-corrected chi connectivity index (χ1v) is 25.5. The van der Waals surface area contributed by atoms with Gasteiger partial charge in [0.1, 0.15) is 0 Å². The van der Waals surface area contributed by atoms with Crippen LogP contribution in [0.25, 0.3) is 0 Å². The second kappa shape index (κ2) is 49.5. The summed E-state index contributed by atoms with van der Waals surface area (Å²) in [6, 6.07) is 0. The van der Waals surface area contributed by atoms with Crippen LogP contribution in [-0.4, -0.2) is 12.6 Å². The molecular formula is C51H102O2. The molecule has 0 bridgehead atoms. The molecular weight excluding hydrogens is 645 g/mol. The Labute approximate surface area is 336 Å². The molecule has 0 N–H and O–H groups in total. The van der Waals surface area contributed by atoms with E-state index in [0.717, 1.165) is 12.8 Å². The third kappa shape index (κ3) is 49.5. The fourth-order valence-electron chi connectivity index (χ4n) is 8.20. The number of hydrogen-bond donors (Lipinski definition) is 0. The predicted molar refractivity (Wildman–Crippen MR) is 239 cm³/mol. The summed E-state index contributed by atoms with van der Waals surface area (Å²) >= 11 is 0. The van der Waals surface area contributed by atoms with Gasteiger partial charge in [0.2, 0.25) is 0 Å². The Balaban J connectivity index is 3.14. The van der Waals surface area contributed by atoms with Crippen LogP contribution >= 0.6 is 0 Å². The number of hydrogen-bond acceptors (Lipinski definition) is 2. The fraction of sp³-hybridized carbons (Fsp3) is 0.980. The van der Waals surface area contributed by atoms with Crippen molar-refractivity contribution < 1.29 is 9.53 Å². The zero-order valence-electron chi connectivity index (χ0n) is 37.3. The van der Waals surface area contributed by atoms with Crippen molar-refractivity contribution in [2.75, 3.05) is 6.61 Å². The van der Waals surface area contributed by atoms with Gasteiger partial charge in [-0.1, -0.05) is 296 Å². The van der Waals surface area contributed by atoms with Crippen LogP contribution in [0.1, 0.15) is 316 Å². The van der Waals surface area contributed by atoms with Crippen molar-refractivity contribution in [2.45, 2.75) is 316 Å². The van der Waals surface area contributed by atoms with Crippen molar-refractivity contribution >= 4 is 5.97 Å². The minimum absolute atomic E-state index is 0.0344. The van der Waals surface area contributed by atoms with Gasteiger partial charge in [-0.15, -0.1) is 0 Å². The first kappa shape index (κ1) is 52.5. The number of unbranched alkanes of at least 4 members (excludes halogenated alkanes) is 44. The second-order valence-corrected chi connectivity index (χ2v) is 17.5. The monoisotopic (exact) mass is 747 g/mol. The molecule has 2 nitrogen and oxygen atoms in total. The normalized spacial score (nSPS) is 11.5. The maximum Gasteiger partial charge on any atom is 0.305 e. The first-order chi connectivity index (χ1) is 26.3. The topological polar surface area (TPSA) is 26.3 Å². The first-order valence-electron chi connectivity index (χ1n) is 25.5. The molecule has 0 saturated heterocycles. The minimum Gasteiger partial charge on any atom is -0.466 e. The van der Waals surface area contributed by atoms with Crippen LogP contribution in [0, 0.1) is 0 Å². The maximum absolute atomic E-state index is 12.1. The largest absolute Gasteiger partial charge is 0.466 e. The average Bonchev–Trinajstić information content (AvgIpc) is 3.16. The summed E-state index contributed by atoms with van der Waals surface area (Å²) in [6.07, 6.45) is 65.3. The van der Waals surface area contributed by atoms with Gasteiger partial charge in [-0.25, -0.2) is 0 Å². The summed E-state index contributed by atoms with van der Waals surface area (Å²) in [4.78, 5) is 12.1. The lowest BCUT2D eigenvalue weighted by molar-refractivity contribution is -0.143. The van der Waals surface area contributed by atoms with Gasteiger partial charge in [-0.2, -0.15) is 0 Å². The molecule has 0 aliphatic carbocycles.